The molecule has 1 aromatic rings. The van der Waals surface area contributed by atoms with Gasteiger partial charge in [0, 0.05) is 31.2 Å². The maximum atomic E-state index is 13.3. The van der Waals surface area contributed by atoms with E-state index in [-0.39, 0.29) is 25.0 Å². The zero-order valence-corrected chi connectivity index (χ0v) is 11.7. The summed E-state index contributed by atoms with van der Waals surface area (Å²) in [5, 5.41) is 11.7. The molecule has 1 aromatic carbocycles. The first-order valence-electron chi connectivity index (χ1n) is 6.98. The minimum absolute atomic E-state index is 0.0636. The number of ether oxygens (including phenoxy) is 1. The molecule has 112 valence electrons. The second kappa shape index (κ2) is 7.77. The number of carbonyl (C=O) groups excluding carboxylic acids is 1. The normalized spacial score (nSPS) is 15.1. The molecule has 0 aliphatic carbocycles. The van der Waals surface area contributed by atoms with E-state index in [1.807, 2.05) is 0 Å². The Labute approximate surface area is 123 Å². The summed E-state index contributed by atoms with van der Waals surface area (Å²) in [6.07, 6.45) is 1.84. The van der Waals surface area contributed by atoms with Gasteiger partial charge in [0.15, 0.2) is 0 Å². The number of nitrogens with one attached hydrogen (secondary N) is 1. The Morgan fingerprint density at radius 3 is 2.90 bits per heavy atom. The molecule has 21 heavy (non-hydrogen) atoms. The summed E-state index contributed by atoms with van der Waals surface area (Å²) in [5.41, 5.74) is 0.696. The van der Waals surface area contributed by atoms with Gasteiger partial charge in [0.05, 0.1) is 12.2 Å². The molecule has 0 bridgehead atoms. The molecule has 0 saturated carbocycles. The van der Waals surface area contributed by atoms with Crippen LogP contribution in [0.1, 0.15) is 35.2 Å². The van der Waals surface area contributed by atoms with Crippen molar-refractivity contribution in [3.8, 4) is 11.8 Å². The van der Waals surface area contributed by atoms with Crippen LogP contribution in [0.25, 0.3) is 0 Å². The molecule has 1 heterocycles. The molecule has 1 saturated heterocycles. The first-order valence-corrected chi connectivity index (χ1v) is 6.98. The van der Waals surface area contributed by atoms with Crippen LogP contribution in [0.15, 0.2) is 18.2 Å². The molecule has 4 nitrogen and oxygen atoms in total. The second-order valence-electron chi connectivity index (χ2n) is 4.83. The Morgan fingerprint density at radius 1 is 1.43 bits per heavy atom. The molecule has 2 rings (SSSR count). The number of rotatable bonds is 3. The Hall–Kier alpha value is -1.90. The second-order valence-corrected chi connectivity index (χ2v) is 4.83. The van der Waals surface area contributed by atoms with Crippen molar-refractivity contribution in [3.63, 3.8) is 0 Å². The van der Waals surface area contributed by atoms with Crippen molar-refractivity contribution in [2.45, 2.75) is 25.3 Å². The van der Waals surface area contributed by atoms with Crippen molar-refractivity contribution in [2.24, 2.45) is 0 Å². The molecule has 0 aromatic heterocycles. The summed E-state index contributed by atoms with van der Waals surface area (Å²) in [7, 11) is 0. The summed E-state index contributed by atoms with van der Waals surface area (Å²) < 4.78 is 18.6. The molecule has 0 spiro atoms. The number of hydrogen-bond donors (Lipinski definition) is 2. The third kappa shape index (κ3) is 4.55. The van der Waals surface area contributed by atoms with E-state index in [4.69, 9.17) is 9.84 Å². The Morgan fingerprint density at radius 2 is 2.19 bits per heavy atom. The predicted molar refractivity (Wildman–Crippen MR) is 76.3 cm³/mol. The molecule has 5 heteroatoms. The fourth-order valence-electron chi connectivity index (χ4n) is 2.14. The van der Waals surface area contributed by atoms with E-state index in [1.54, 1.807) is 0 Å². The largest absolute Gasteiger partial charge is 0.395 e. The van der Waals surface area contributed by atoms with E-state index in [9.17, 15) is 9.18 Å². The Kier molecular flexibility index (Phi) is 5.73. The van der Waals surface area contributed by atoms with Gasteiger partial charge in [0.2, 0.25) is 0 Å². The zero-order valence-electron chi connectivity index (χ0n) is 11.7. The fraction of sp³-hybridized carbons (Fsp3) is 0.438. The summed E-state index contributed by atoms with van der Waals surface area (Å²) in [5.74, 6) is 4.76. The van der Waals surface area contributed by atoms with E-state index < -0.39 is 5.82 Å². The molecule has 1 aliphatic rings. The first-order chi connectivity index (χ1) is 10.2. The third-order valence-corrected chi connectivity index (χ3v) is 3.24. The van der Waals surface area contributed by atoms with E-state index in [0.29, 0.717) is 24.3 Å². The topological polar surface area (TPSA) is 58.6 Å². The molecular weight excluding hydrogens is 273 g/mol. The van der Waals surface area contributed by atoms with Crippen LogP contribution >= 0.6 is 0 Å². The van der Waals surface area contributed by atoms with Gasteiger partial charge in [-0.25, -0.2) is 4.39 Å². The van der Waals surface area contributed by atoms with Crippen molar-refractivity contribution >= 4 is 5.91 Å². The molecule has 2 N–H and O–H groups in total. The minimum Gasteiger partial charge on any atom is -0.395 e. The van der Waals surface area contributed by atoms with Crippen LogP contribution in [0.2, 0.25) is 0 Å². The Bertz CT molecular complexity index is 556. The van der Waals surface area contributed by atoms with Gasteiger partial charge in [-0.2, -0.15) is 0 Å². The summed E-state index contributed by atoms with van der Waals surface area (Å²) in [4.78, 5) is 12.3. The number of hydrogen-bond acceptors (Lipinski definition) is 3. The molecule has 1 aliphatic heterocycles. The van der Waals surface area contributed by atoms with Crippen LogP contribution in [0.5, 0.6) is 0 Å². The van der Waals surface area contributed by atoms with Crippen LogP contribution in [0, 0.1) is 17.7 Å². The van der Waals surface area contributed by atoms with Crippen LogP contribution in [-0.4, -0.2) is 36.9 Å². The molecule has 0 unspecified atom stereocenters. The predicted octanol–water partition coefficient (Wildman–Crippen LogP) is 1.47. The molecule has 0 radical (unpaired) electrons. The van der Waals surface area contributed by atoms with Crippen LogP contribution < -0.4 is 5.32 Å². The number of aliphatic hydroxyl groups excluding tert-OH is 1. The van der Waals surface area contributed by atoms with Crippen LogP contribution in [0.4, 0.5) is 4.39 Å². The average Bonchev–Trinajstić information content (AvgIpc) is 2.48. The van der Waals surface area contributed by atoms with Gasteiger partial charge in [0.1, 0.15) is 5.82 Å². The van der Waals surface area contributed by atoms with Crippen molar-refractivity contribution in [1.29, 1.82) is 0 Å². The van der Waals surface area contributed by atoms with E-state index in [0.717, 1.165) is 12.8 Å². The Balaban J connectivity index is 2.13. The highest BCUT2D eigenvalue weighted by molar-refractivity contribution is 5.96. The maximum absolute atomic E-state index is 13.3. The highest BCUT2D eigenvalue weighted by Crippen LogP contribution is 2.13. The zero-order chi connectivity index (χ0) is 15.1. The minimum atomic E-state index is -0.439. The van der Waals surface area contributed by atoms with Crippen molar-refractivity contribution < 1.29 is 19.0 Å². The number of carbonyl (C=O) groups is 1. The summed E-state index contributed by atoms with van der Waals surface area (Å²) >= 11 is 0. The van der Waals surface area contributed by atoms with Gasteiger partial charge >= 0.3 is 0 Å². The quantitative estimate of drug-likeness (QED) is 0.829. The fourth-order valence-corrected chi connectivity index (χ4v) is 2.14. The van der Waals surface area contributed by atoms with E-state index in [1.165, 1.54) is 18.2 Å². The van der Waals surface area contributed by atoms with Gasteiger partial charge in [0.25, 0.3) is 5.91 Å². The lowest BCUT2D eigenvalue weighted by Gasteiger charge is -2.23. The van der Waals surface area contributed by atoms with E-state index in [2.05, 4.69) is 17.2 Å². The van der Waals surface area contributed by atoms with Gasteiger partial charge < -0.3 is 15.2 Å². The van der Waals surface area contributed by atoms with Gasteiger partial charge in [-0.3, -0.25) is 4.79 Å². The summed E-state index contributed by atoms with van der Waals surface area (Å²) in [6, 6.07) is 4.00. The molecule has 0 atom stereocenters. The lowest BCUT2D eigenvalue weighted by Crippen LogP contribution is -2.39. The smallest absolute Gasteiger partial charge is 0.252 e. The lowest BCUT2D eigenvalue weighted by molar-refractivity contribution is 0.0696. The van der Waals surface area contributed by atoms with Crippen molar-refractivity contribution in [3.05, 3.63) is 35.1 Å². The highest BCUT2D eigenvalue weighted by atomic mass is 19.1. The lowest BCUT2D eigenvalue weighted by atomic mass is 10.0. The van der Waals surface area contributed by atoms with Gasteiger partial charge in [-0.1, -0.05) is 11.8 Å². The van der Waals surface area contributed by atoms with E-state index >= 15 is 0 Å². The van der Waals surface area contributed by atoms with Crippen LogP contribution in [-0.2, 0) is 4.74 Å². The molecule has 1 amide bonds. The first kappa shape index (κ1) is 15.5. The summed E-state index contributed by atoms with van der Waals surface area (Å²) in [6.45, 7) is 1.21. The monoisotopic (exact) mass is 291 g/mol. The van der Waals surface area contributed by atoms with Crippen molar-refractivity contribution in [2.75, 3.05) is 19.8 Å². The van der Waals surface area contributed by atoms with Gasteiger partial charge in [-0.15, -0.1) is 0 Å². The van der Waals surface area contributed by atoms with Crippen LogP contribution in [0.3, 0.4) is 0 Å². The standard InChI is InChI=1S/C16H18FNO3/c17-13-4-5-15(12(11-13)3-1-2-8-19)16(20)18-14-6-9-21-10-7-14/h4-5,11,14,19H,2,6-10H2,(H,18,20). The highest BCUT2D eigenvalue weighted by Gasteiger charge is 2.18. The average molecular weight is 291 g/mol. The van der Waals surface area contributed by atoms with Gasteiger partial charge in [-0.05, 0) is 31.0 Å². The third-order valence-electron chi connectivity index (χ3n) is 3.24. The number of amides is 1. The SMILES string of the molecule is O=C(NC1CCOCC1)c1ccc(F)cc1C#CCCO. The number of benzene rings is 1. The maximum Gasteiger partial charge on any atom is 0.252 e. The number of halogens is 1. The molecular formula is C16H18FNO3. The van der Waals surface area contributed by atoms with Crippen molar-refractivity contribution in [1.82, 2.24) is 5.32 Å². The number of aliphatic hydroxyl groups is 1. The molecule has 1 fully saturated rings.